The molecule has 0 saturated carbocycles. The average molecular weight is 669 g/mol. The van der Waals surface area contributed by atoms with Gasteiger partial charge >= 0.3 is 18.1 Å². The Hall–Kier alpha value is -4.11. The van der Waals surface area contributed by atoms with Gasteiger partial charge in [-0.05, 0) is 53.9 Å². The molecule has 3 rings (SSSR count). The van der Waals surface area contributed by atoms with Crippen LogP contribution in [0.4, 0.5) is 13.2 Å². The van der Waals surface area contributed by atoms with Crippen LogP contribution in [0, 0.1) is 0 Å². The molecule has 260 valence electrons. The van der Waals surface area contributed by atoms with E-state index in [1.165, 1.54) is 44.2 Å². The van der Waals surface area contributed by atoms with Crippen LogP contribution < -0.4 is 9.47 Å². The zero-order valence-electron chi connectivity index (χ0n) is 27.8. The molecule has 3 aromatic carbocycles. The number of para-hydroxylation sites is 1. The molecule has 0 saturated heterocycles. The summed E-state index contributed by atoms with van der Waals surface area (Å²) in [5.41, 5.74) is 1.97. The number of rotatable bonds is 22. The minimum atomic E-state index is -4.59. The van der Waals surface area contributed by atoms with Crippen LogP contribution in [0.5, 0.6) is 11.5 Å². The van der Waals surface area contributed by atoms with E-state index in [0.29, 0.717) is 18.8 Å². The van der Waals surface area contributed by atoms with Crippen LogP contribution in [-0.4, -0.2) is 44.0 Å². The molecule has 9 heteroatoms. The number of unbranched alkanes of at least 4 members (excludes halogenated alkanes) is 9. The lowest BCUT2D eigenvalue weighted by molar-refractivity contribution is -0.224. The predicted molar refractivity (Wildman–Crippen MR) is 182 cm³/mol. The third kappa shape index (κ3) is 13.6. The highest BCUT2D eigenvalue weighted by Gasteiger charge is 2.40. The van der Waals surface area contributed by atoms with Gasteiger partial charge in [0.25, 0.3) is 0 Å². The van der Waals surface area contributed by atoms with E-state index in [0.717, 1.165) is 36.8 Å². The van der Waals surface area contributed by atoms with E-state index in [4.69, 9.17) is 18.9 Å². The van der Waals surface area contributed by atoms with Crippen molar-refractivity contribution in [3.05, 3.63) is 96.6 Å². The first-order valence-corrected chi connectivity index (χ1v) is 16.8. The molecule has 3 aromatic rings. The lowest BCUT2D eigenvalue weighted by Crippen LogP contribution is -2.33. The molecule has 1 unspecified atom stereocenters. The Balaban J connectivity index is 1.45. The van der Waals surface area contributed by atoms with Gasteiger partial charge in [0.2, 0.25) is 0 Å². The Morgan fingerprint density at radius 2 is 1.33 bits per heavy atom. The van der Waals surface area contributed by atoms with Crippen LogP contribution in [0.25, 0.3) is 11.1 Å². The number of carbonyl (C=O) groups excluding carboxylic acids is 2. The second-order valence-electron chi connectivity index (χ2n) is 11.6. The second kappa shape index (κ2) is 21.0. The molecular weight excluding hydrogens is 621 g/mol. The fourth-order valence-corrected chi connectivity index (χ4v) is 5.07. The smallest absolute Gasteiger partial charge is 0.414 e. The molecule has 0 aliphatic heterocycles. The van der Waals surface area contributed by atoms with Crippen LogP contribution in [0.3, 0.4) is 0 Å². The molecule has 6 nitrogen and oxygen atoms in total. The number of hydrogen-bond donors (Lipinski definition) is 0. The van der Waals surface area contributed by atoms with Gasteiger partial charge in [-0.15, -0.1) is 0 Å². The van der Waals surface area contributed by atoms with Gasteiger partial charge in [0.05, 0.1) is 12.2 Å². The summed E-state index contributed by atoms with van der Waals surface area (Å²) >= 11 is 0. The van der Waals surface area contributed by atoms with E-state index in [1.54, 1.807) is 42.5 Å². The Labute approximate surface area is 282 Å². The van der Waals surface area contributed by atoms with Crippen molar-refractivity contribution in [3.63, 3.8) is 0 Å². The van der Waals surface area contributed by atoms with Crippen LogP contribution in [0.15, 0.2) is 85.5 Å². The van der Waals surface area contributed by atoms with E-state index in [2.05, 4.69) is 13.5 Å². The Morgan fingerprint density at radius 3 is 1.94 bits per heavy atom. The summed E-state index contributed by atoms with van der Waals surface area (Å²) in [7, 11) is 0. The molecule has 1 atom stereocenters. The first-order chi connectivity index (χ1) is 23.2. The van der Waals surface area contributed by atoms with Gasteiger partial charge in [0, 0.05) is 13.0 Å². The van der Waals surface area contributed by atoms with Gasteiger partial charge in [0.15, 0.2) is 6.10 Å². The Bertz CT molecular complexity index is 1390. The van der Waals surface area contributed by atoms with Crippen molar-refractivity contribution in [2.24, 2.45) is 0 Å². The predicted octanol–water partition coefficient (Wildman–Crippen LogP) is 10.6. The van der Waals surface area contributed by atoms with Crippen LogP contribution in [0.1, 0.15) is 98.3 Å². The van der Waals surface area contributed by atoms with Gasteiger partial charge in [-0.25, -0.2) is 9.59 Å². The molecule has 48 heavy (non-hydrogen) atoms. The molecule has 0 heterocycles. The number of benzene rings is 3. The normalized spacial score (nSPS) is 11.9. The van der Waals surface area contributed by atoms with Gasteiger partial charge in [-0.3, -0.25) is 0 Å². The Morgan fingerprint density at radius 1 is 0.750 bits per heavy atom. The summed E-state index contributed by atoms with van der Waals surface area (Å²) in [5.74, 6) is -0.947. The SMILES string of the molecule is C=CCOc1ccc(-c2ccc(C(=O)Oc3ccccc3C(=O)OCCC(OCCCCCCCCCCCC)C(F)(F)F)cc2)cc1. The largest absolute Gasteiger partial charge is 0.490 e. The summed E-state index contributed by atoms with van der Waals surface area (Å²) in [5, 5.41) is 0. The summed E-state index contributed by atoms with van der Waals surface area (Å²) in [4.78, 5) is 25.7. The van der Waals surface area contributed by atoms with E-state index >= 15 is 0 Å². The highest BCUT2D eigenvalue weighted by Crippen LogP contribution is 2.27. The topological polar surface area (TPSA) is 71.1 Å². The lowest BCUT2D eigenvalue weighted by atomic mass is 10.0. The van der Waals surface area contributed by atoms with Crippen molar-refractivity contribution in [3.8, 4) is 22.6 Å². The zero-order chi connectivity index (χ0) is 34.6. The first-order valence-electron chi connectivity index (χ1n) is 16.8. The van der Waals surface area contributed by atoms with Gasteiger partial charge in [0.1, 0.15) is 23.7 Å². The number of halogens is 3. The number of hydrogen-bond acceptors (Lipinski definition) is 6. The molecule has 0 aliphatic carbocycles. The molecule has 0 radical (unpaired) electrons. The first kappa shape index (κ1) is 38.3. The molecule has 0 amide bonds. The van der Waals surface area contributed by atoms with Crippen molar-refractivity contribution in [2.75, 3.05) is 19.8 Å². The molecular formula is C39H47F3O6. The number of ether oxygens (including phenoxy) is 4. The maximum atomic E-state index is 13.6. The summed E-state index contributed by atoms with van der Waals surface area (Å²) < 4.78 is 62.1. The van der Waals surface area contributed by atoms with E-state index in [-0.39, 0.29) is 23.5 Å². The molecule has 0 aromatic heterocycles. The Kier molecular flexibility index (Phi) is 16.8. The lowest BCUT2D eigenvalue weighted by Gasteiger charge is -2.21. The van der Waals surface area contributed by atoms with Crippen LogP contribution in [0.2, 0.25) is 0 Å². The van der Waals surface area contributed by atoms with E-state index in [1.807, 2.05) is 24.3 Å². The minimum absolute atomic E-state index is 0.00821. The third-order valence-electron chi connectivity index (χ3n) is 7.78. The monoisotopic (exact) mass is 668 g/mol. The maximum Gasteiger partial charge on any atom is 0.414 e. The van der Waals surface area contributed by atoms with Crippen molar-refractivity contribution in [1.29, 1.82) is 0 Å². The highest BCUT2D eigenvalue weighted by atomic mass is 19.4. The van der Waals surface area contributed by atoms with Crippen LogP contribution in [-0.2, 0) is 9.47 Å². The summed E-state index contributed by atoms with van der Waals surface area (Å²) in [6.07, 6.45) is 5.26. The number of alkyl halides is 3. The third-order valence-corrected chi connectivity index (χ3v) is 7.78. The fraction of sp³-hybridized carbons (Fsp3) is 0.436. The summed E-state index contributed by atoms with van der Waals surface area (Å²) in [6.45, 7) is 5.70. The standard InChI is InChI=1S/C39H47F3O6/c1-3-5-6-7-8-9-10-11-12-15-28-46-36(39(40,41)42)26-29-47-38(44)34-16-13-14-17-35(34)48-37(43)32-20-18-30(19-21-32)31-22-24-33(25-23-31)45-27-4-2/h4,13-14,16-25,36H,2-3,5-12,15,26-29H2,1H3. The van der Waals surface area contributed by atoms with Gasteiger partial charge in [-0.2, -0.15) is 13.2 Å². The fourth-order valence-electron chi connectivity index (χ4n) is 5.07. The van der Waals surface area contributed by atoms with Crippen molar-refractivity contribution < 1.29 is 41.7 Å². The number of carbonyl (C=O) groups is 2. The van der Waals surface area contributed by atoms with Crippen molar-refractivity contribution in [2.45, 2.75) is 89.8 Å². The molecule has 0 spiro atoms. The van der Waals surface area contributed by atoms with E-state index < -0.39 is 37.2 Å². The minimum Gasteiger partial charge on any atom is -0.490 e. The van der Waals surface area contributed by atoms with Crippen molar-refractivity contribution in [1.82, 2.24) is 0 Å². The number of esters is 2. The molecule has 0 fully saturated rings. The van der Waals surface area contributed by atoms with Crippen molar-refractivity contribution >= 4 is 11.9 Å². The van der Waals surface area contributed by atoms with Crippen LogP contribution >= 0.6 is 0 Å². The summed E-state index contributed by atoms with van der Waals surface area (Å²) in [6, 6.07) is 20.2. The van der Waals surface area contributed by atoms with Gasteiger partial charge < -0.3 is 18.9 Å². The second-order valence-corrected chi connectivity index (χ2v) is 11.6. The van der Waals surface area contributed by atoms with Gasteiger partial charge in [-0.1, -0.05) is 114 Å². The highest BCUT2D eigenvalue weighted by molar-refractivity contribution is 5.96. The average Bonchev–Trinajstić information content (AvgIpc) is 3.08. The van der Waals surface area contributed by atoms with E-state index in [9.17, 15) is 22.8 Å². The molecule has 0 aliphatic rings. The maximum absolute atomic E-state index is 13.6. The quantitative estimate of drug-likeness (QED) is 0.0459. The molecule has 0 N–H and O–H groups in total. The molecule has 0 bridgehead atoms. The zero-order valence-corrected chi connectivity index (χ0v) is 27.8.